The highest BCUT2D eigenvalue weighted by Gasteiger charge is 2.12. The van der Waals surface area contributed by atoms with Crippen LogP contribution in [0.1, 0.15) is 34.5 Å². The average molecular weight is 295 g/mol. The topological polar surface area (TPSA) is 78.1 Å². The number of ether oxygens (including phenoxy) is 1. The maximum Gasteiger partial charge on any atom is 0.356 e. The van der Waals surface area contributed by atoms with Crippen molar-refractivity contribution < 1.29 is 9.53 Å². The zero-order chi connectivity index (χ0) is 16.1. The molecule has 0 bridgehead atoms. The van der Waals surface area contributed by atoms with E-state index in [4.69, 9.17) is 10.5 Å². The van der Waals surface area contributed by atoms with Crippen molar-refractivity contribution in [1.82, 2.24) is 9.97 Å². The Labute approximate surface area is 129 Å². The van der Waals surface area contributed by atoms with Crippen molar-refractivity contribution in [1.29, 1.82) is 0 Å². The summed E-state index contributed by atoms with van der Waals surface area (Å²) in [7, 11) is 1.30. The van der Waals surface area contributed by atoms with Crippen LogP contribution in [-0.2, 0) is 4.74 Å². The molecule has 22 heavy (non-hydrogen) atoms. The Morgan fingerprint density at radius 1 is 1.23 bits per heavy atom. The van der Waals surface area contributed by atoms with E-state index >= 15 is 0 Å². The number of rotatable bonds is 4. The number of hydrogen-bond donors (Lipinski definition) is 1. The van der Waals surface area contributed by atoms with E-state index in [0.29, 0.717) is 17.2 Å². The smallest absolute Gasteiger partial charge is 0.356 e. The Morgan fingerprint density at radius 2 is 1.86 bits per heavy atom. The average Bonchev–Trinajstić information content (AvgIpc) is 2.54. The number of allylic oxidation sites excluding steroid dienone is 1. The fourth-order valence-corrected chi connectivity index (χ4v) is 1.81. The Hall–Kier alpha value is -2.95. The Kier molecular flexibility index (Phi) is 4.68. The van der Waals surface area contributed by atoms with Gasteiger partial charge in [-0.25, -0.2) is 14.8 Å². The minimum Gasteiger partial charge on any atom is -0.464 e. The first-order valence-corrected chi connectivity index (χ1v) is 6.67. The SMILES string of the molecule is C=C(C)c1cc(C(=O)OC)nc(C=C(N)c2ccccc2)n1. The van der Waals surface area contributed by atoms with E-state index in [9.17, 15) is 4.79 Å². The molecule has 1 aromatic carbocycles. The largest absolute Gasteiger partial charge is 0.464 e. The van der Waals surface area contributed by atoms with Crippen molar-refractivity contribution in [3.8, 4) is 0 Å². The number of methoxy groups -OCH3 is 1. The van der Waals surface area contributed by atoms with Gasteiger partial charge in [-0.15, -0.1) is 0 Å². The van der Waals surface area contributed by atoms with Gasteiger partial charge in [0, 0.05) is 11.8 Å². The van der Waals surface area contributed by atoms with Gasteiger partial charge in [-0.2, -0.15) is 0 Å². The number of nitrogens with two attached hydrogens (primary N) is 1. The van der Waals surface area contributed by atoms with Gasteiger partial charge in [0.05, 0.1) is 12.8 Å². The number of benzene rings is 1. The zero-order valence-corrected chi connectivity index (χ0v) is 12.5. The first-order chi connectivity index (χ1) is 10.5. The molecule has 2 aromatic rings. The van der Waals surface area contributed by atoms with E-state index in [1.165, 1.54) is 7.11 Å². The number of aromatic nitrogens is 2. The highest BCUT2D eigenvalue weighted by atomic mass is 16.5. The number of carbonyl (C=O) groups excluding carboxylic acids is 1. The third-order valence-electron chi connectivity index (χ3n) is 2.97. The first kappa shape index (κ1) is 15.4. The van der Waals surface area contributed by atoms with Crippen molar-refractivity contribution in [2.45, 2.75) is 6.92 Å². The van der Waals surface area contributed by atoms with Crippen LogP contribution < -0.4 is 5.73 Å². The van der Waals surface area contributed by atoms with Gasteiger partial charge in [-0.1, -0.05) is 36.9 Å². The van der Waals surface area contributed by atoms with Gasteiger partial charge >= 0.3 is 5.97 Å². The van der Waals surface area contributed by atoms with Crippen LogP contribution in [0.5, 0.6) is 0 Å². The summed E-state index contributed by atoms with van der Waals surface area (Å²) >= 11 is 0. The standard InChI is InChI=1S/C17H17N3O2/c1-11(2)14-10-15(17(21)22-3)20-16(19-14)9-13(18)12-7-5-4-6-8-12/h4-10H,1,18H2,2-3H3. The molecule has 0 fully saturated rings. The second kappa shape index (κ2) is 6.67. The van der Waals surface area contributed by atoms with Crippen LogP contribution in [0.25, 0.3) is 17.3 Å². The molecule has 1 aromatic heterocycles. The van der Waals surface area contributed by atoms with Crippen LogP contribution in [0, 0.1) is 0 Å². The summed E-state index contributed by atoms with van der Waals surface area (Å²) in [5.74, 6) is -0.194. The molecule has 0 aliphatic heterocycles. The van der Waals surface area contributed by atoms with Crippen LogP contribution in [0.4, 0.5) is 0 Å². The van der Waals surface area contributed by atoms with Crippen LogP contribution in [-0.4, -0.2) is 23.0 Å². The van der Waals surface area contributed by atoms with E-state index in [1.54, 1.807) is 19.1 Å². The highest BCUT2D eigenvalue weighted by Crippen LogP contribution is 2.15. The van der Waals surface area contributed by atoms with Gasteiger partial charge in [0.25, 0.3) is 0 Å². The summed E-state index contributed by atoms with van der Waals surface area (Å²) in [6.07, 6.45) is 1.62. The minimum atomic E-state index is -0.530. The number of nitrogens with zero attached hydrogens (tertiary/aromatic N) is 2. The summed E-state index contributed by atoms with van der Waals surface area (Å²) < 4.78 is 4.70. The molecular formula is C17H17N3O2. The maximum absolute atomic E-state index is 11.7. The molecule has 5 nitrogen and oxygen atoms in total. The fraction of sp³-hybridized carbons (Fsp3) is 0.118. The molecule has 0 aliphatic carbocycles. The normalized spacial score (nSPS) is 11.1. The van der Waals surface area contributed by atoms with Gasteiger partial charge in [-0.3, -0.25) is 0 Å². The summed E-state index contributed by atoms with van der Waals surface area (Å²) in [6.45, 7) is 5.64. The number of hydrogen-bond acceptors (Lipinski definition) is 5. The Bertz CT molecular complexity index is 737. The lowest BCUT2D eigenvalue weighted by atomic mass is 10.1. The van der Waals surface area contributed by atoms with Gasteiger partial charge in [0.2, 0.25) is 0 Å². The zero-order valence-electron chi connectivity index (χ0n) is 12.5. The predicted octanol–water partition coefficient (Wildman–Crippen LogP) is 2.75. The number of esters is 1. The molecule has 0 spiro atoms. The molecule has 112 valence electrons. The van der Waals surface area contributed by atoms with Crippen LogP contribution in [0.2, 0.25) is 0 Å². The van der Waals surface area contributed by atoms with Crippen molar-refractivity contribution in [3.63, 3.8) is 0 Å². The van der Waals surface area contributed by atoms with E-state index in [1.807, 2.05) is 30.3 Å². The lowest BCUT2D eigenvalue weighted by Gasteiger charge is -2.06. The Balaban J connectivity index is 2.48. The van der Waals surface area contributed by atoms with Crippen molar-refractivity contribution in [2.24, 2.45) is 5.73 Å². The molecule has 0 radical (unpaired) electrons. The van der Waals surface area contributed by atoms with E-state index in [-0.39, 0.29) is 5.69 Å². The molecule has 2 N–H and O–H groups in total. The molecule has 0 unspecified atom stereocenters. The molecule has 5 heteroatoms. The fourth-order valence-electron chi connectivity index (χ4n) is 1.81. The molecule has 0 amide bonds. The first-order valence-electron chi connectivity index (χ1n) is 6.67. The second-order valence-electron chi connectivity index (χ2n) is 4.73. The van der Waals surface area contributed by atoms with Crippen molar-refractivity contribution >= 4 is 23.3 Å². The monoisotopic (exact) mass is 295 g/mol. The van der Waals surface area contributed by atoms with Crippen LogP contribution >= 0.6 is 0 Å². The van der Waals surface area contributed by atoms with Crippen LogP contribution in [0.15, 0.2) is 43.0 Å². The van der Waals surface area contributed by atoms with Crippen LogP contribution in [0.3, 0.4) is 0 Å². The molecule has 0 atom stereocenters. The molecule has 0 aliphatic rings. The maximum atomic E-state index is 11.7. The van der Waals surface area contributed by atoms with Gasteiger partial charge in [0.15, 0.2) is 11.5 Å². The van der Waals surface area contributed by atoms with E-state index in [0.717, 1.165) is 11.1 Å². The van der Waals surface area contributed by atoms with Gasteiger partial charge in [-0.05, 0) is 24.1 Å². The lowest BCUT2D eigenvalue weighted by Crippen LogP contribution is -2.08. The summed E-state index contributed by atoms with van der Waals surface area (Å²) in [4.78, 5) is 20.2. The third kappa shape index (κ3) is 3.58. The minimum absolute atomic E-state index is 0.169. The summed E-state index contributed by atoms with van der Waals surface area (Å²) in [6, 6.07) is 11.0. The van der Waals surface area contributed by atoms with E-state index in [2.05, 4.69) is 16.5 Å². The Morgan fingerprint density at radius 3 is 2.45 bits per heavy atom. The summed E-state index contributed by atoms with van der Waals surface area (Å²) in [5.41, 5.74) is 8.88. The van der Waals surface area contributed by atoms with Crippen molar-refractivity contribution in [2.75, 3.05) is 7.11 Å². The molecule has 1 heterocycles. The lowest BCUT2D eigenvalue weighted by molar-refractivity contribution is 0.0593. The van der Waals surface area contributed by atoms with E-state index < -0.39 is 5.97 Å². The molecule has 2 rings (SSSR count). The van der Waals surface area contributed by atoms with Gasteiger partial charge in [0.1, 0.15) is 0 Å². The van der Waals surface area contributed by atoms with Gasteiger partial charge < -0.3 is 10.5 Å². The third-order valence-corrected chi connectivity index (χ3v) is 2.97. The second-order valence-corrected chi connectivity index (χ2v) is 4.73. The predicted molar refractivity (Wildman–Crippen MR) is 86.6 cm³/mol. The van der Waals surface area contributed by atoms with Crippen molar-refractivity contribution in [3.05, 3.63) is 65.8 Å². The number of carbonyl (C=O) groups is 1. The molecule has 0 saturated heterocycles. The highest BCUT2D eigenvalue weighted by molar-refractivity contribution is 5.88. The molecular weight excluding hydrogens is 278 g/mol. The quantitative estimate of drug-likeness (QED) is 0.877. The summed E-state index contributed by atoms with van der Waals surface area (Å²) in [5, 5.41) is 0. The molecule has 0 saturated carbocycles.